The summed E-state index contributed by atoms with van der Waals surface area (Å²) in [6, 6.07) is 5.87. The number of anilines is 2. The van der Waals surface area contributed by atoms with E-state index in [2.05, 4.69) is 11.0 Å². The van der Waals surface area contributed by atoms with E-state index in [0.717, 1.165) is 43.9 Å². The average molecular weight is 312 g/mol. The van der Waals surface area contributed by atoms with Gasteiger partial charge in [-0.2, -0.15) is 0 Å². The Morgan fingerprint density at radius 3 is 2.67 bits per heavy atom. The molecule has 0 fully saturated rings. The zero-order valence-electron chi connectivity index (χ0n) is 13.1. The molecule has 1 amide bonds. The minimum Gasteiger partial charge on any atom is -0.398 e. The van der Waals surface area contributed by atoms with E-state index < -0.39 is 0 Å². The van der Waals surface area contributed by atoms with Gasteiger partial charge in [0.05, 0.1) is 0 Å². The van der Waals surface area contributed by atoms with Crippen molar-refractivity contribution in [3.05, 3.63) is 23.8 Å². The van der Waals surface area contributed by atoms with Crippen LogP contribution in [0.25, 0.3) is 0 Å². The Labute approximate surface area is 133 Å². The molecule has 1 heterocycles. The van der Waals surface area contributed by atoms with Crippen LogP contribution in [0.15, 0.2) is 18.2 Å². The molecule has 21 heavy (non-hydrogen) atoms. The standard InChI is InChI=1S/C16H25N3O.ClH/c1-4-18(5-2)16(20)12(3)19-11-7-8-13-14(17)9-6-10-15(13)19;/h6,9-10,12H,4-5,7-8,11,17H2,1-3H3;1H. The molecule has 1 aromatic rings. The van der Waals surface area contributed by atoms with Gasteiger partial charge in [-0.25, -0.2) is 0 Å². The molecule has 0 saturated heterocycles. The molecule has 1 aliphatic heterocycles. The summed E-state index contributed by atoms with van der Waals surface area (Å²) in [4.78, 5) is 16.7. The Kier molecular flexibility index (Phi) is 6.34. The van der Waals surface area contributed by atoms with Crippen molar-refractivity contribution in [3.63, 3.8) is 0 Å². The summed E-state index contributed by atoms with van der Waals surface area (Å²) in [5.41, 5.74) is 9.23. The number of fused-ring (bicyclic) bond motifs is 1. The average Bonchev–Trinajstić information content (AvgIpc) is 2.47. The summed E-state index contributed by atoms with van der Waals surface area (Å²) < 4.78 is 0. The zero-order chi connectivity index (χ0) is 14.7. The molecule has 2 rings (SSSR count). The first-order valence-corrected chi connectivity index (χ1v) is 7.52. The minimum atomic E-state index is -0.129. The van der Waals surface area contributed by atoms with Crippen molar-refractivity contribution in [1.82, 2.24) is 4.90 Å². The fourth-order valence-electron chi connectivity index (χ4n) is 3.02. The number of nitrogen functional groups attached to an aromatic ring is 1. The molecule has 2 N–H and O–H groups in total. The van der Waals surface area contributed by atoms with E-state index >= 15 is 0 Å². The smallest absolute Gasteiger partial charge is 0.244 e. The van der Waals surface area contributed by atoms with Crippen molar-refractivity contribution in [3.8, 4) is 0 Å². The van der Waals surface area contributed by atoms with Crippen LogP contribution in [0.3, 0.4) is 0 Å². The van der Waals surface area contributed by atoms with Gasteiger partial charge in [-0.15, -0.1) is 12.4 Å². The Hall–Kier alpha value is -1.42. The van der Waals surface area contributed by atoms with Crippen molar-refractivity contribution >= 4 is 29.7 Å². The highest BCUT2D eigenvalue weighted by Gasteiger charge is 2.28. The van der Waals surface area contributed by atoms with Crippen molar-refractivity contribution in [2.75, 3.05) is 30.3 Å². The van der Waals surface area contributed by atoms with Crippen LogP contribution < -0.4 is 10.6 Å². The summed E-state index contributed by atoms with van der Waals surface area (Å²) in [6.45, 7) is 8.49. The molecule has 1 unspecified atom stereocenters. The summed E-state index contributed by atoms with van der Waals surface area (Å²) in [7, 11) is 0. The third-order valence-electron chi connectivity index (χ3n) is 4.22. The SMILES string of the molecule is CCN(CC)C(=O)C(C)N1CCCc2c(N)cccc21.Cl. The lowest BCUT2D eigenvalue weighted by molar-refractivity contribution is -0.131. The molecule has 118 valence electrons. The molecule has 0 spiro atoms. The van der Waals surface area contributed by atoms with E-state index in [1.165, 1.54) is 5.56 Å². The van der Waals surface area contributed by atoms with E-state index in [1.807, 2.05) is 37.8 Å². The number of benzene rings is 1. The van der Waals surface area contributed by atoms with Crippen LogP contribution in [0.2, 0.25) is 0 Å². The Morgan fingerprint density at radius 2 is 2.05 bits per heavy atom. The van der Waals surface area contributed by atoms with Gasteiger partial charge >= 0.3 is 0 Å². The molecular formula is C16H26ClN3O. The van der Waals surface area contributed by atoms with Gasteiger partial charge in [0.15, 0.2) is 0 Å². The molecule has 0 radical (unpaired) electrons. The fourth-order valence-corrected chi connectivity index (χ4v) is 3.02. The Morgan fingerprint density at radius 1 is 1.38 bits per heavy atom. The number of hydrogen-bond acceptors (Lipinski definition) is 3. The van der Waals surface area contributed by atoms with Gasteiger partial charge in [0.25, 0.3) is 0 Å². The second kappa shape index (κ2) is 7.55. The Balaban J connectivity index is 0.00000220. The van der Waals surface area contributed by atoms with Crippen LogP contribution in [0.4, 0.5) is 11.4 Å². The lowest BCUT2D eigenvalue weighted by Crippen LogP contribution is -2.49. The molecular weight excluding hydrogens is 286 g/mol. The summed E-state index contributed by atoms with van der Waals surface area (Å²) >= 11 is 0. The highest BCUT2D eigenvalue weighted by atomic mass is 35.5. The van der Waals surface area contributed by atoms with Gasteiger partial charge < -0.3 is 15.5 Å². The highest BCUT2D eigenvalue weighted by Crippen LogP contribution is 2.32. The van der Waals surface area contributed by atoms with Crippen molar-refractivity contribution in [1.29, 1.82) is 0 Å². The largest absolute Gasteiger partial charge is 0.398 e. The first-order chi connectivity index (χ1) is 9.60. The van der Waals surface area contributed by atoms with Gasteiger partial charge in [0.1, 0.15) is 6.04 Å². The summed E-state index contributed by atoms with van der Waals surface area (Å²) in [5.74, 6) is 0.199. The van der Waals surface area contributed by atoms with E-state index in [4.69, 9.17) is 5.73 Å². The maximum Gasteiger partial charge on any atom is 0.244 e. The topological polar surface area (TPSA) is 49.6 Å². The fraction of sp³-hybridized carbons (Fsp3) is 0.562. The van der Waals surface area contributed by atoms with Crippen LogP contribution in [0, 0.1) is 0 Å². The molecule has 0 bridgehead atoms. The predicted octanol–water partition coefficient (Wildman–Crippen LogP) is 2.70. The van der Waals surface area contributed by atoms with Crippen LogP contribution in [-0.4, -0.2) is 36.5 Å². The van der Waals surface area contributed by atoms with Crippen molar-refractivity contribution < 1.29 is 4.79 Å². The third kappa shape index (κ3) is 3.43. The molecule has 1 aliphatic rings. The van der Waals surface area contributed by atoms with Gasteiger partial charge in [0, 0.05) is 31.0 Å². The first kappa shape index (κ1) is 17.6. The van der Waals surface area contributed by atoms with Crippen LogP contribution in [0.1, 0.15) is 32.8 Å². The molecule has 4 nitrogen and oxygen atoms in total. The molecule has 5 heteroatoms. The lowest BCUT2D eigenvalue weighted by atomic mass is 9.98. The third-order valence-corrected chi connectivity index (χ3v) is 4.22. The highest BCUT2D eigenvalue weighted by molar-refractivity contribution is 5.86. The maximum absolute atomic E-state index is 12.6. The van der Waals surface area contributed by atoms with E-state index in [1.54, 1.807) is 0 Å². The number of amides is 1. The Bertz CT molecular complexity index is 488. The van der Waals surface area contributed by atoms with E-state index in [-0.39, 0.29) is 24.4 Å². The molecule has 1 atom stereocenters. The first-order valence-electron chi connectivity index (χ1n) is 7.52. The number of nitrogens with two attached hydrogens (primary N) is 1. The van der Waals surface area contributed by atoms with Crippen molar-refractivity contribution in [2.24, 2.45) is 0 Å². The second-order valence-corrected chi connectivity index (χ2v) is 5.33. The molecule has 0 saturated carbocycles. The predicted molar refractivity (Wildman–Crippen MR) is 91.2 cm³/mol. The van der Waals surface area contributed by atoms with E-state index in [0.29, 0.717) is 0 Å². The lowest BCUT2D eigenvalue weighted by Gasteiger charge is -2.37. The maximum atomic E-state index is 12.6. The number of carbonyl (C=O) groups is 1. The van der Waals surface area contributed by atoms with Gasteiger partial charge in [-0.1, -0.05) is 6.07 Å². The van der Waals surface area contributed by atoms with Gasteiger partial charge in [-0.3, -0.25) is 4.79 Å². The quantitative estimate of drug-likeness (QED) is 0.870. The monoisotopic (exact) mass is 311 g/mol. The van der Waals surface area contributed by atoms with Crippen LogP contribution in [0.5, 0.6) is 0 Å². The number of nitrogens with zero attached hydrogens (tertiary/aromatic N) is 2. The molecule has 0 aliphatic carbocycles. The van der Waals surface area contributed by atoms with Gasteiger partial charge in [-0.05, 0) is 51.3 Å². The van der Waals surface area contributed by atoms with Gasteiger partial charge in [0.2, 0.25) is 5.91 Å². The molecule has 1 aromatic carbocycles. The summed E-state index contributed by atoms with van der Waals surface area (Å²) in [6.07, 6.45) is 2.06. The van der Waals surface area contributed by atoms with E-state index in [9.17, 15) is 4.79 Å². The van der Waals surface area contributed by atoms with Crippen LogP contribution in [-0.2, 0) is 11.2 Å². The summed E-state index contributed by atoms with van der Waals surface area (Å²) in [5, 5.41) is 0. The number of hydrogen-bond donors (Lipinski definition) is 1. The number of halogens is 1. The minimum absolute atomic E-state index is 0. The molecule has 0 aromatic heterocycles. The normalized spacial score (nSPS) is 14.9. The zero-order valence-corrected chi connectivity index (χ0v) is 13.9. The van der Waals surface area contributed by atoms with Crippen LogP contribution >= 0.6 is 12.4 Å². The number of rotatable bonds is 4. The van der Waals surface area contributed by atoms with Crippen molar-refractivity contribution in [2.45, 2.75) is 39.7 Å². The second-order valence-electron chi connectivity index (χ2n) is 5.33. The number of likely N-dealkylation sites (N-methyl/N-ethyl adjacent to an activating group) is 1. The number of carbonyl (C=O) groups excluding carboxylic acids is 1.